The van der Waals surface area contributed by atoms with Gasteiger partial charge in [0, 0.05) is 18.2 Å². The molecule has 0 N–H and O–H groups in total. The van der Waals surface area contributed by atoms with Crippen LogP contribution in [0.2, 0.25) is 0 Å². The Balaban J connectivity index is 1.27. The summed E-state index contributed by atoms with van der Waals surface area (Å²) in [6.45, 7) is 2.71. The molecule has 10 nitrogen and oxygen atoms in total. The fourth-order valence-electron chi connectivity index (χ4n) is 3.57. The van der Waals surface area contributed by atoms with Crippen LogP contribution in [-0.2, 0) is 12.3 Å². The predicted molar refractivity (Wildman–Crippen MR) is 113 cm³/mol. The van der Waals surface area contributed by atoms with Gasteiger partial charge in [-0.25, -0.2) is 4.98 Å². The summed E-state index contributed by atoms with van der Waals surface area (Å²) in [7, 11) is 0. The van der Waals surface area contributed by atoms with Crippen LogP contribution >= 0.6 is 11.8 Å². The third-order valence-corrected chi connectivity index (χ3v) is 6.11. The largest absolute Gasteiger partial charge is 0.454 e. The van der Waals surface area contributed by atoms with Crippen LogP contribution in [0.25, 0.3) is 22.3 Å². The minimum atomic E-state index is -0.134. The second-order valence-corrected chi connectivity index (χ2v) is 7.98. The van der Waals surface area contributed by atoms with Crippen LogP contribution in [0.15, 0.2) is 44.8 Å². The zero-order chi connectivity index (χ0) is 21.7. The lowest BCUT2D eigenvalue weighted by Crippen LogP contribution is -2.22. The molecule has 6 rings (SSSR count). The quantitative estimate of drug-likeness (QED) is 0.330. The zero-order valence-electron chi connectivity index (χ0n) is 16.9. The van der Waals surface area contributed by atoms with Gasteiger partial charge in [-0.2, -0.15) is 4.98 Å². The first-order valence-corrected chi connectivity index (χ1v) is 10.9. The number of nitrogens with zero attached hydrogens (tertiary/aromatic N) is 4. The molecule has 2 aromatic heterocycles. The highest BCUT2D eigenvalue weighted by atomic mass is 32.2. The van der Waals surface area contributed by atoms with E-state index in [-0.39, 0.29) is 19.1 Å². The Kier molecular flexibility index (Phi) is 4.42. The molecule has 0 spiro atoms. The van der Waals surface area contributed by atoms with E-state index in [0.717, 1.165) is 5.56 Å². The molecule has 0 fully saturated rings. The lowest BCUT2D eigenvalue weighted by molar-refractivity contribution is 0.173. The smallest absolute Gasteiger partial charge is 0.262 e. The Morgan fingerprint density at radius 3 is 2.53 bits per heavy atom. The molecule has 0 radical (unpaired) electrons. The van der Waals surface area contributed by atoms with Gasteiger partial charge in [0.2, 0.25) is 25.3 Å². The van der Waals surface area contributed by atoms with Crippen molar-refractivity contribution in [1.29, 1.82) is 0 Å². The van der Waals surface area contributed by atoms with Crippen molar-refractivity contribution in [3.05, 3.63) is 46.6 Å². The number of benzene rings is 2. The van der Waals surface area contributed by atoms with Gasteiger partial charge in [-0.3, -0.25) is 9.36 Å². The van der Waals surface area contributed by atoms with E-state index >= 15 is 0 Å². The van der Waals surface area contributed by atoms with Gasteiger partial charge in [-0.1, -0.05) is 16.9 Å². The summed E-state index contributed by atoms with van der Waals surface area (Å²) in [6.07, 6.45) is 0. The number of hydrogen-bond donors (Lipinski definition) is 0. The summed E-state index contributed by atoms with van der Waals surface area (Å²) < 4.78 is 28.6. The molecule has 2 aromatic carbocycles. The third-order valence-electron chi connectivity index (χ3n) is 5.15. The monoisotopic (exact) mass is 452 g/mol. The molecule has 0 atom stereocenters. The van der Waals surface area contributed by atoms with Crippen molar-refractivity contribution in [2.24, 2.45) is 0 Å². The fourth-order valence-corrected chi connectivity index (χ4v) is 4.47. The molecule has 11 heteroatoms. The summed E-state index contributed by atoms with van der Waals surface area (Å²) in [4.78, 5) is 22.1. The Morgan fingerprint density at radius 1 is 0.969 bits per heavy atom. The summed E-state index contributed by atoms with van der Waals surface area (Å²) >= 11 is 1.35. The Morgan fingerprint density at radius 2 is 1.72 bits per heavy atom. The van der Waals surface area contributed by atoms with Crippen LogP contribution in [0.3, 0.4) is 0 Å². The second-order valence-electron chi connectivity index (χ2n) is 7.03. The van der Waals surface area contributed by atoms with Crippen molar-refractivity contribution in [3.8, 4) is 34.4 Å². The molecule has 32 heavy (non-hydrogen) atoms. The van der Waals surface area contributed by atoms with E-state index in [4.69, 9.17) is 23.5 Å². The van der Waals surface area contributed by atoms with Gasteiger partial charge in [-0.15, -0.1) is 0 Å². The van der Waals surface area contributed by atoms with E-state index in [0.29, 0.717) is 63.1 Å². The fraction of sp³-hybridized carbons (Fsp3) is 0.238. The van der Waals surface area contributed by atoms with Crippen LogP contribution in [-0.4, -0.2) is 33.3 Å². The molecule has 0 amide bonds. The highest BCUT2D eigenvalue weighted by molar-refractivity contribution is 7.98. The van der Waals surface area contributed by atoms with E-state index in [2.05, 4.69) is 15.1 Å². The van der Waals surface area contributed by atoms with E-state index in [9.17, 15) is 4.79 Å². The molecule has 0 unspecified atom stereocenters. The average Bonchev–Trinajstić information content (AvgIpc) is 3.56. The minimum Gasteiger partial charge on any atom is -0.454 e. The van der Waals surface area contributed by atoms with Crippen molar-refractivity contribution in [1.82, 2.24) is 19.7 Å². The average molecular weight is 452 g/mol. The summed E-state index contributed by atoms with van der Waals surface area (Å²) in [5, 5.41) is 5.11. The maximum absolute atomic E-state index is 13.0. The first-order valence-electron chi connectivity index (χ1n) is 9.89. The molecule has 162 valence electrons. The third kappa shape index (κ3) is 3.12. The lowest BCUT2D eigenvalue weighted by Gasteiger charge is -2.10. The molecule has 0 saturated heterocycles. The number of fused-ring (bicyclic) bond motifs is 3. The molecule has 0 aliphatic carbocycles. The molecule has 0 saturated carbocycles. The summed E-state index contributed by atoms with van der Waals surface area (Å²) in [6, 6.07) is 8.89. The van der Waals surface area contributed by atoms with Crippen LogP contribution < -0.4 is 24.5 Å². The zero-order valence-corrected chi connectivity index (χ0v) is 17.7. The van der Waals surface area contributed by atoms with Gasteiger partial charge >= 0.3 is 0 Å². The molecule has 2 aliphatic heterocycles. The van der Waals surface area contributed by atoms with E-state index in [1.165, 1.54) is 11.8 Å². The molecule has 2 aliphatic rings. The number of thioether (sulfide) groups is 1. The van der Waals surface area contributed by atoms with E-state index in [1.807, 2.05) is 25.1 Å². The number of ether oxygens (including phenoxy) is 4. The van der Waals surface area contributed by atoms with Crippen molar-refractivity contribution >= 4 is 22.7 Å². The first kappa shape index (κ1) is 19.0. The van der Waals surface area contributed by atoms with Gasteiger partial charge < -0.3 is 23.5 Å². The molecule has 0 bridgehead atoms. The molecule has 4 aromatic rings. The maximum atomic E-state index is 13.0. The molecular weight excluding hydrogens is 436 g/mol. The topological polar surface area (TPSA) is 111 Å². The maximum Gasteiger partial charge on any atom is 0.262 e. The molecular formula is C21H16N4O6S. The van der Waals surface area contributed by atoms with Crippen molar-refractivity contribution in [2.45, 2.75) is 24.4 Å². The Hall–Kier alpha value is -3.73. The Bertz CT molecular complexity index is 1420. The normalized spacial score (nSPS) is 13.8. The standard InChI is InChI=1S/C21H16N4O6S/c1-2-25-20(26)12-6-16-17(30-10-29-16)7-13(12)22-21(25)32-8-18-23-19(24-31-18)11-3-4-14-15(5-11)28-9-27-14/h3-7H,2,8-10H2,1H3. The van der Waals surface area contributed by atoms with E-state index < -0.39 is 0 Å². The van der Waals surface area contributed by atoms with Crippen molar-refractivity contribution in [2.75, 3.05) is 13.6 Å². The summed E-state index contributed by atoms with van der Waals surface area (Å²) in [5.74, 6) is 3.71. The van der Waals surface area contributed by atoms with Gasteiger partial charge in [-0.05, 0) is 31.2 Å². The van der Waals surface area contributed by atoms with Crippen LogP contribution in [0.1, 0.15) is 12.8 Å². The highest BCUT2D eigenvalue weighted by Gasteiger charge is 2.20. The SMILES string of the molecule is CCn1c(SCc2nc(-c3ccc4c(c3)OCO4)no2)nc2cc3c(cc2c1=O)OCO3. The molecule has 4 heterocycles. The van der Waals surface area contributed by atoms with Crippen LogP contribution in [0.5, 0.6) is 23.0 Å². The summed E-state index contributed by atoms with van der Waals surface area (Å²) in [5.41, 5.74) is 1.18. The number of rotatable bonds is 5. The number of hydrogen-bond acceptors (Lipinski definition) is 10. The van der Waals surface area contributed by atoms with Crippen LogP contribution in [0, 0.1) is 0 Å². The van der Waals surface area contributed by atoms with Gasteiger partial charge in [0.25, 0.3) is 5.56 Å². The van der Waals surface area contributed by atoms with Crippen molar-refractivity contribution < 1.29 is 23.5 Å². The van der Waals surface area contributed by atoms with Crippen LogP contribution in [0.4, 0.5) is 0 Å². The first-order chi connectivity index (χ1) is 15.7. The van der Waals surface area contributed by atoms with Gasteiger partial charge in [0.1, 0.15) is 0 Å². The Labute approximate surface area is 185 Å². The van der Waals surface area contributed by atoms with E-state index in [1.54, 1.807) is 16.7 Å². The predicted octanol–water partition coefficient (Wildman–Crippen LogP) is 3.22. The minimum absolute atomic E-state index is 0.134. The van der Waals surface area contributed by atoms with Gasteiger partial charge in [0.05, 0.1) is 16.7 Å². The van der Waals surface area contributed by atoms with Gasteiger partial charge in [0.15, 0.2) is 28.2 Å². The highest BCUT2D eigenvalue weighted by Crippen LogP contribution is 2.36. The second kappa shape index (κ2) is 7.45. The number of aromatic nitrogens is 4. The lowest BCUT2D eigenvalue weighted by atomic mass is 10.2. The van der Waals surface area contributed by atoms with Crippen molar-refractivity contribution in [3.63, 3.8) is 0 Å².